The van der Waals surface area contributed by atoms with Crippen molar-refractivity contribution in [2.45, 2.75) is 38.1 Å². The number of hydrogen-bond acceptors (Lipinski definition) is 1. The third kappa shape index (κ3) is 3.38. The fourth-order valence-electron chi connectivity index (χ4n) is 2.23. The zero-order valence-corrected chi connectivity index (χ0v) is 10.8. The highest BCUT2D eigenvalue weighted by Gasteiger charge is 2.12. The van der Waals surface area contributed by atoms with Gasteiger partial charge in [0.15, 0.2) is 0 Å². The van der Waals surface area contributed by atoms with E-state index in [-0.39, 0.29) is 0 Å². The second-order valence-electron chi connectivity index (χ2n) is 4.45. The molecule has 1 aliphatic heterocycles. The Morgan fingerprint density at radius 1 is 1.12 bits per heavy atom. The summed E-state index contributed by atoms with van der Waals surface area (Å²) >= 11 is 11.9. The van der Waals surface area contributed by atoms with Crippen LogP contribution in [0.5, 0.6) is 0 Å². The van der Waals surface area contributed by atoms with E-state index in [4.69, 9.17) is 23.2 Å². The maximum absolute atomic E-state index is 6.01. The van der Waals surface area contributed by atoms with Crippen LogP contribution < -0.4 is 5.32 Å². The Hall–Kier alpha value is -0.240. The Morgan fingerprint density at radius 3 is 2.81 bits per heavy atom. The molecular weight excluding hydrogens is 241 g/mol. The van der Waals surface area contributed by atoms with E-state index in [1.165, 1.54) is 31.2 Å². The molecule has 1 heterocycles. The Bertz CT molecular complexity index is 344. The monoisotopic (exact) mass is 257 g/mol. The highest BCUT2D eigenvalue weighted by molar-refractivity contribution is 6.42. The van der Waals surface area contributed by atoms with Gasteiger partial charge < -0.3 is 5.32 Å². The average molecular weight is 258 g/mol. The van der Waals surface area contributed by atoms with Crippen molar-refractivity contribution in [3.05, 3.63) is 33.8 Å². The number of benzene rings is 1. The average Bonchev–Trinajstić information content (AvgIpc) is 2.52. The maximum Gasteiger partial charge on any atom is 0.0595 e. The fourth-order valence-corrected chi connectivity index (χ4v) is 2.55. The Balaban J connectivity index is 1.99. The molecule has 2 rings (SSSR count). The van der Waals surface area contributed by atoms with Gasteiger partial charge in [0.1, 0.15) is 0 Å². The molecule has 0 bridgehead atoms. The molecule has 1 fully saturated rings. The van der Waals surface area contributed by atoms with Crippen LogP contribution in [-0.4, -0.2) is 12.6 Å². The van der Waals surface area contributed by atoms with Crippen molar-refractivity contribution in [3.63, 3.8) is 0 Å². The molecule has 1 aromatic rings. The van der Waals surface area contributed by atoms with Crippen molar-refractivity contribution in [1.29, 1.82) is 0 Å². The Labute approximate surface area is 107 Å². The summed E-state index contributed by atoms with van der Waals surface area (Å²) in [5.74, 6) is 0. The molecule has 1 atom stereocenters. The largest absolute Gasteiger partial charge is 0.314 e. The zero-order valence-electron chi connectivity index (χ0n) is 9.31. The molecular formula is C13H17Cl2N. The summed E-state index contributed by atoms with van der Waals surface area (Å²) in [5, 5.41) is 4.89. The van der Waals surface area contributed by atoms with Gasteiger partial charge in [0.05, 0.1) is 10.0 Å². The lowest BCUT2D eigenvalue weighted by Gasteiger charge is -2.15. The van der Waals surface area contributed by atoms with Gasteiger partial charge in [0.25, 0.3) is 0 Å². The molecule has 3 heteroatoms. The summed E-state index contributed by atoms with van der Waals surface area (Å²) in [6, 6.07) is 6.53. The molecule has 1 saturated heterocycles. The third-order valence-corrected chi connectivity index (χ3v) is 3.87. The van der Waals surface area contributed by atoms with E-state index in [2.05, 4.69) is 11.4 Å². The highest BCUT2D eigenvalue weighted by atomic mass is 35.5. The minimum absolute atomic E-state index is 0.597. The Morgan fingerprint density at radius 2 is 2.00 bits per heavy atom. The molecule has 0 aromatic heterocycles. The molecule has 88 valence electrons. The second-order valence-corrected chi connectivity index (χ2v) is 5.27. The molecule has 0 radical (unpaired) electrons. The second kappa shape index (κ2) is 5.90. The van der Waals surface area contributed by atoms with Gasteiger partial charge in [-0.3, -0.25) is 0 Å². The van der Waals surface area contributed by atoms with Gasteiger partial charge in [-0.15, -0.1) is 0 Å². The van der Waals surface area contributed by atoms with E-state index in [1.54, 1.807) is 0 Å². The lowest BCUT2D eigenvalue weighted by Crippen LogP contribution is -2.30. The summed E-state index contributed by atoms with van der Waals surface area (Å²) in [7, 11) is 0. The van der Waals surface area contributed by atoms with E-state index in [1.807, 2.05) is 12.1 Å². The summed E-state index contributed by atoms with van der Waals surface area (Å²) in [5.41, 5.74) is 1.27. The summed E-state index contributed by atoms with van der Waals surface area (Å²) in [4.78, 5) is 0. The van der Waals surface area contributed by atoms with E-state index in [0.29, 0.717) is 16.1 Å². The lowest BCUT2D eigenvalue weighted by molar-refractivity contribution is 0.507. The number of hydrogen-bond donors (Lipinski definition) is 1. The van der Waals surface area contributed by atoms with Crippen LogP contribution in [-0.2, 0) is 6.42 Å². The van der Waals surface area contributed by atoms with Gasteiger partial charge in [0, 0.05) is 6.04 Å². The molecule has 1 aromatic carbocycles. The molecule has 0 saturated carbocycles. The minimum Gasteiger partial charge on any atom is -0.314 e. The first-order valence-electron chi connectivity index (χ1n) is 5.93. The van der Waals surface area contributed by atoms with Crippen LogP contribution in [0, 0.1) is 0 Å². The topological polar surface area (TPSA) is 12.0 Å². The van der Waals surface area contributed by atoms with Crippen LogP contribution in [0.1, 0.15) is 31.2 Å². The van der Waals surface area contributed by atoms with Crippen LogP contribution in [0.15, 0.2) is 18.2 Å². The van der Waals surface area contributed by atoms with Crippen LogP contribution in [0.25, 0.3) is 0 Å². The lowest BCUT2D eigenvalue weighted by atomic mass is 10.0. The van der Waals surface area contributed by atoms with Crippen LogP contribution in [0.2, 0.25) is 10.0 Å². The van der Waals surface area contributed by atoms with E-state index < -0.39 is 0 Å². The fraction of sp³-hybridized carbons (Fsp3) is 0.538. The van der Waals surface area contributed by atoms with Gasteiger partial charge in [-0.25, -0.2) is 0 Å². The van der Waals surface area contributed by atoms with Gasteiger partial charge >= 0.3 is 0 Å². The summed E-state index contributed by atoms with van der Waals surface area (Å²) in [6.07, 6.45) is 6.30. The minimum atomic E-state index is 0.597. The maximum atomic E-state index is 6.01. The number of nitrogens with one attached hydrogen (secondary N) is 1. The highest BCUT2D eigenvalue weighted by Crippen LogP contribution is 2.24. The quantitative estimate of drug-likeness (QED) is 0.843. The first-order chi connectivity index (χ1) is 7.75. The van der Waals surface area contributed by atoms with Crippen molar-refractivity contribution >= 4 is 23.2 Å². The van der Waals surface area contributed by atoms with Crippen LogP contribution >= 0.6 is 23.2 Å². The van der Waals surface area contributed by atoms with E-state index in [0.717, 1.165) is 13.0 Å². The molecule has 0 amide bonds. The standard InChI is InChI=1S/C13H17Cl2N/c14-12-6-5-10(9-13(12)15)8-11-4-2-1-3-7-16-11/h5-6,9,11,16H,1-4,7-8H2. The summed E-state index contributed by atoms with van der Waals surface area (Å²) in [6.45, 7) is 1.14. The first kappa shape index (κ1) is 12.2. The zero-order chi connectivity index (χ0) is 11.4. The molecule has 16 heavy (non-hydrogen) atoms. The molecule has 1 unspecified atom stereocenters. The first-order valence-corrected chi connectivity index (χ1v) is 6.68. The van der Waals surface area contributed by atoms with Crippen molar-refractivity contribution in [1.82, 2.24) is 5.32 Å². The normalized spacial score (nSPS) is 21.8. The van der Waals surface area contributed by atoms with E-state index >= 15 is 0 Å². The third-order valence-electron chi connectivity index (χ3n) is 3.13. The Kier molecular flexibility index (Phi) is 4.51. The van der Waals surface area contributed by atoms with Gasteiger partial charge in [-0.2, -0.15) is 0 Å². The molecule has 1 nitrogen and oxygen atoms in total. The van der Waals surface area contributed by atoms with Gasteiger partial charge in [-0.1, -0.05) is 42.1 Å². The van der Waals surface area contributed by atoms with Gasteiger partial charge in [0.2, 0.25) is 0 Å². The van der Waals surface area contributed by atoms with E-state index in [9.17, 15) is 0 Å². The van der Waals surface area contributed by atoms with Crippen molar-refractivity contribution in [3.8, 4) is 0 Å². The van der Waals surface area contributed by atoms with Crippen LogP contribution in [0.3, 0.4) is 0 Å². The number of halogens is 2. The smallest absolute Gasteiger partial charge is 0.0595 e. The number of rotatable bonds is 2. The molecule has 0 spiro atoms. The molecule has 1 N–H and O–H groups in total. The SMILES string of the molecule is Clc1ccc(CC2CCCCCN2)cc1Cl. The molecule has 1 aliphatic rings. The van der Waals surface area contributed by atoms with Crippen molar-refractivity contribution in [2.24, 2.45) is 0 Å². The predicted molar refractivity (Wildman–Crippen MR) is 70.4 cm³/mol. The summed E-state index contributed by atoms with van der Waals surface area (Å²) < 4.78 is 0. The van der Waals surface area contributed by atoms with Crippen LogP contribution in [0.4, 0.5) is 0 Å². The van der Waals surface area contributed by atoms with Crippen molar-refractivity contribution < 1.29 is 0 Å². The van der Waals surface area contributed by atoms with Gasteiger partial charge in [-0.05, 0) is 43.5 Å². The predicted octanol–water partition coefficient (Wildman–Crippen LogP) is 4.07. The molecule has 0 aliphatic carbocycles. The van der Waals surface area contributed by atoms with Crippen molar-refractivity contribution in [2.75, 3.05) is 6.54 Å².